The summed E-state index contributed by atoms with van der Waals surface area (Å²) in [4.78, 5) is 10.0. The molecule has 0 aliphatic carbocycles. The Morgan fingerprint density at radius 3 is 2.67 bits per heavy atom. The van der Waals surface area contributed by atoms with Crippen molar-refractivity contribution in [3.05, 3.63) is 39.9 Å². The molecule has 1 atom stereocenters. The lowest BCUT2D eigenvalue weighted by atomic mass is 10.2. The maximum absolute atomic E-state index is 10.5. The highest BCUT2D eigenvalue weighted by Crippen LogP contribution is 2.11. The van der Waals surface area contributed by atoms with Crippen molar-refractivity contribution in [1.29, 1.82) is 0 Å². The SMILES string of the molecule is COCC(O)CCNCc1ccc([N+](=O)[O-])cc1. The predicted molar refractivity (Wildman–Crippen MR) is 67.3 cm³/mol. The smallest absolute Gasteiger partial charge is 0.269 e. The van der Waals surface area contributed by atoms with Crippen LogP contribution < -0.4 is 5.32 Å². The molecule has 1 aromatic carbocycles. The van der Waals surface area contributed by atoms with Crippen molar-refractivity contribution in [3.8, 4) is 0 Å². The molecule has 18 heavy (non-hydrogen) atoms. The summed E-state index contributed by atoms with van der Waals surface area (Å²) < 4.78 is 4.81. The first-order valence-corrected chi connectivity index (χ1v) is 5.74. The van der Waals surface area contributed by atoms with Crippen LogP contribution in [0.3, 0.4) is 0 Å². The van der Waals surface area contributed by atoms with Crippen LogP contribution in [-0.2, 0) is 11.3 Å². The Balaban J connectivity index is 2.25. The average Bonchev–Trinajstić information content (AvgIpc) is 2.35. The third-order valence-electron chi connectivity index (χ3n) is 2.49. The Morgan fingerprint density at radius 2 is 2.11 bits per heavy atom. The molecular weight excluding hydrogens is 236 g/mol. The molecule has 0 bridgehead atoms. The number of hydrogen-bond acceptors (Lipinski definition) is 5. The number of non-ortho nitro benzene ring substituents is 1. The number of hydrogen-bond donors (Lipinski definition) is 2. The Hall–Kier alpha value is -1.50. The zero-order valence-electron chi connectivity index (χ0n) is 10.3. The number of nitrogens with zero attached hydrogens (tertiary/aromatic N) is 1. The van der Waals surface area contributed by atoms with Gasteiger partial charge < -0.3 is 15.2 Å². The highest BCUT2D eigenvalue weighted by atomic mass is 16.6. The maximum Gasteiger partial charge on any atom is 0.269 e. The topological polar surface area (TPSA) is 84.6 Å². The van der Waals surface area contributed by atoms with Gasteiger partial charge in [-0.2, -0.15) is 0 Å². The largest absolute Gasteiger partial charge is 0.391 e. The number of aliphatic hydroxyl groups is 1. The minimum Gasteiger partial charge on any atom is -0.391 e. The summed E-state index contributed by atoms with van der Waals surface area (Å²) >= 11 is 0. The van der Waals surface area contributed by atoms with Crippen molar-refractivity contribution >= 4 is 5.69 Å². The first-order valence-electron chi connectivity index (χ1n) is 5.74. The standard InChI is InChI=1S/C12H18N2O4/c1-18-9-12(15)6-7-13-8-10-2-4-11(5-3-10)14(16)17/h2-5,12-13,15H,6-9H2,1H3. The summed E-state index contributed by atoms with van der Waals surface area (Å²) in [6.07, 6.45) is 0.153. The Kier molecular flexibility index (Phi) is 6.27. The van der Waals surface area contributed by atoms with E-state index >= 15 is 0 Å². The fourth-order valence-corrected chi connectivity index (χ4v) is 1.51. The normalized spacial score (nSPS) is 12.3. The van der Waals surface area contributed by atoms with E-state index in [2.05, 4.69) is 5.32 Å². The van der Waals surface area contributed by atoms with Gasteiger partial charge in [-0.15, -0.1) is 0 Å². The molecule has 0 aliphatic heterocycles. The van der Waals surface area contributed by atoms with E-state index in [4.69, 9.17) is 4.74 Å². The van der Waals surface area contributed by atoms with Crippen LogP contribution in [0.25, 0.3) is 0 Å². The molecule has 0 fully saturated rings. The zero-order valence-corrected chi connectivity index (χ0v) is 10.3. The predicted octanol–water partition coefficient (Wildman–Crippen LogP) is 1.08. The minimum absolute atomic E-state index is 0.0919. The van der Waals surface area contributed by atoms with Gasteiger partial charge in [0.05, 0.1) is 17.6 Å². The number of methoxy groups -OCH3 is 1. The molecule has 1 unspecified atom stereocenters. The van der Waals surface area contributed by atoms with Gasteiger partial charge in [0.2, 0.25) is 0 Å². The number of nitro benzene ring substituents is 1. The second kappa shape index (κ2) is 7.75. The van der Waals surface area contributed by atoms with Crippen molar-refractivity contribution in [3.63, 3.8) is 0 Å². The van der Waals surface area contributed by atoms with Gasteiger partial charge in [0.15, 0.2) is 0 Å². The summed E-state index contributed by atoms with van der Waals surface area (Å²) in [5.74, 6) is 0. The van der Waals surface area contributed by atoms with E-state index in [1.54, 1.807) is 19.2 Å². The summed E-state index contributed by atoms with van der Waals surface area (Å²) in [6, 6.07) is 6.40. The van der Waals surface area contributed by atoms with Gasteiger partial charge in [-0.25, -0.2) is 0 Å². The van der Waals surface area contributed by atoms with Crippen LogP contribution in [0.15, 0.2) is 24.3 Å². The summed E-state index contributed by atoms with van der Waals surface area (Å²) in [7, 11) is 1.55. The Bertz CT molecular complexity index is 367. The maximum atomic E-state index is 10.5. The van der Waals surface area contributed by atoms with Crippen molar-refractivity contribution in [2.24, 2.45) is 0 Å². The molecule has 0 amide bonds. The highest BCUT2D eigenvalue weighted by Gasteiger charge is 2.04. The van der Waals surface area contributed by atoms with Gasteiger partial charge in [-0.05, 0) is 18.5 Å². The van der Waals surface area contributed by atoms with Crippen LogP contribution in [0.2, 0.25) is 0 Å². The first kappa shape index (κ1) is 14.6. The molecular formula is C12H18N2O4. The summed E-state index contributed by atoms with van der Waals surface area (Å²) in [5, 5.41) is 23.0. The lowest BCUT2D eigenvalue weighted by Gasteiger charge is -2.09. The molecule has 1 aromatic rings. The fraction of sp³-hybridized carbons (Fsp3) is 0.500. The van der Waals surface area contributed by atoms with E-state index < -0.39 is 11.0 Å². The molecule has 0 spiro atoms. The zero-order chi connectivity index (χ0) is 13.4. The number of nitro groups is 1. The van der Waals surface area contributed by atoms with E-state index in [-0.39, 0.29) is 5.69 Å². The van der Waals surface area contributed by atoms with Crippen molar-refractivity contribution in [2.45, 2.75) is 19.1 Å². The van der Waals surface area contributed by atoms with E-state index in [9.17, 15) is 15.2 Å². The number of benzene rings is 1. The Morgan fingerprint density at radius 1 is 1.44 bits per heavy atom. The summed E-state index contributed by atoms with van der Waals surface area (Å²) in [6.45, 7) is 1.62. The molecule has 100 valence electrons. The van der Waals surface area contributed by atoms with Gasteiger partial charge >= 0.3 is 0 Å². The third kappa shape index (κ3) is 5.22. The van der Waals surface area contributed by atoms with E-state index in [1.807, 2.05) is 0 Å². The van der Waals surface area contributed by atoms with Crippen molar-refractivity contribution in [2.75, 3.05) is 20.3 Å². The monoisotopic (exact) mass is 254 g/mol. The van der Waals surface area contributed by atoms with E-state index in [0.29, 0.717) is 26.1 Å². The number of rotatable bonds is 8. The van der Waals surface area contributed by atoms with Crippen LogP contribution in [0.5, 0.6) is 0 Å². The van der Waals surface area contributed by atoms with E-state index in [1.165, 1.54) is 12.1 Å². The second-order valence-electron chi connectivity index (χ2n) is 4.00. The molecule has 2 N–H and O–H groups in total. The molecule has 0 saturated heterocycles. The average molecular weight is 254 g/mol. The molecule has 1 rings (SSSR count). The quantitative estimate of drug-likeness (QED) is 0.412. The molecule has 0 aliphatic rings. The first-order chi connectivity index (χ1) is 8.63. The van der Waals surface area contributed by atoms with Gasteiger partial charge in [0, 0.05) is 25.8 Å². The lowest BCUT2D eigenvalue weighted by Crippen LogP contribution is -2.22. The molecule has 6 heteroatoms. The van der Waals surface area contributed by atoms with Gasteiger partial charge in [0.1, 0.15) is 0 Å². The van der Waals surface area contributed by atoms with Crippen molar-refractivity contribution < 1.29 is 14.8 Å². The molecule has 0 radical (unpaired) electrons. The number of aliphatic hydroxyl groups excluding tert-OH is 1. The molecule has 6 nitrogen and oxygen atoms in total. The molecule has 0 aromatic heterocycles. The Labute approximate surface area is 106 Å². The van der Waals surface area contributed by atoms with Crippen LogP contribution in [0.4, 0.5) is 5.69 Å². The van der Waals surface area contributed by atoms with E-state index in [0.717, 1.165) is 5.56 Å². The molecule has 0 heterocycles. The van der Waals surface area contributed by atoms with Gasteiger partial charge in [-0.1, -0.05) is 12.1 Å². The lowest BCUT2D eigenvalue weighted by molar-refractivity contribution is -0.384. The van der Waals surface area contributed by atoms with Gasteiger partial charge in [0.25, 0.3) is 5.69 Å². The number of ether oxygens (including phenoxy) is 1. The summed E-state index contributed by atoms with van der Waals surface area (Å²) in [5.41, 5.74) is 1.07. The second-order valence-corrected chi connectivity index (χ2v) is 4.00. The highest BCUT2D eigenvalue weighted by molar-refractivity contribution is 5.32. The van der Waals surface area contributed by atoms with Crippen molar-refractivity contribution in [1.82, 2.24) is 5.32 Å². The number of nitrogens with one attached hydrogen (secondary N) is 1. The van der Waals surface area contributed by atoms with Gasteiger partial charge in [-0.3, -0.25) is 10.1 Å². The fourth-order valence-electron chi connectivity index (χ4n) is 1.51. The van der Waals surface area contributed by atoms with Crippen LogP contribution in [0, 0.1) is 10.1 Å². The minimum atomic E-state index is -0.459. The van der Waals surface area contributed by atoms with Crippen LogP contribution >= 0.6 is 0 Å². The molecule has 0 saturated carbocycles. The third-order valence-corrected chi connectivity index (χ3v) is 2.49. The van der Waals surface area contributed by atoms with Crippen LogP contribution in [0.1, 0.15) is 12.0 Å². The van der Waals surface area contributed by atoms with Crippen LogP contribution in [-0.4, -0.2) is 36.4 Å².